The van der Waals surface area contributed by atoms with Gasteiger partial charge >= 0.3 is 0 Å². The van der Waals surface area contributed by atoms with E-state index in [2.05, 4.69) is 0 Å². The normalized spacial score (nSPS) is 14.3. The van der Waals surface area contributed by atoms with Crippen molar-refractivity contribution in [2.75, 3.05) is 0 Å². The fraction of sp³-hybridized carbons (Fsp3) is 0.333. The van der Waals surface area contributed by atoms with Crippen LogP contribution in [-0.2, 0) is 5.79 Å². The molecule has 1 aromatic carbocycles. The van der Waals surface area contributed by atoms with Gasteiger partial charge in [-0.3, -0.25) is 0 Å². The minimum absolute atomic E-state index is 0.417. The zero-order chi connectivity index (χ0) is 9.19. The third kappa shape index (κ3) is 1.64. The van der Waals surface area contributed by atoms with Crippen molar-refractivity contribution < 1.29 is 10.2 Å². The third-order valence-corrected chi connectivity index (χ3v) is 1.83. The minimum Gasteiger partial charge on any atom is -0.361 e. The van der Waals surface area contributed by atoms with Gasteiger partial charge in [0.15, 0.2) is 0 Å². The molecule has 1 rings (SSSR count). The molecule has 0 amide bonds. The van der Waals surface area contributed by atoms with Gasteiger partial charge in [0.05, 0.1) is 6.04 Å². The molecule has 3 nitrogen and oxygen atoms in total. The van der Waals surface area contributed by atoms with Crippen LogP contribution in [0.2, 0.25) is 0 Å². The molecule has 0 aromatic heterocycles. The average Bonchev–Trinajstić information content (AvgIpc) is 2.06. The highest BCUT2D eigenvalue weighted by Crippen LogP contribution is 2.19. The summed E-state index contributed by atoms with van der Waals surface area (Å²) >= 11 is 0. The molecule has 0 aliphatic carbocycles. The van der Waals surface area contributed by atoms with Gasteiger partial charge in [0.25, 0.3) is 0 Å². The number of nitrogens with two attached hydrogens (primary N) is 1. The quantitative estimate of drug-likeness (QED) is 0.550. The van der Waals surface area contributed by atoms with Gasteiger partial charge in [-0.1, -0.05) is 30.3 Å². The maximum absolute atomic E-state index is 9.49. The van der Waals surface area contributed by atoms with Crippen LogP contribution in [-0.4, -0.2) is 16.3 Å². The van der Waals surface area contributed by atoms with Crippen molar-refractivity contribution in [2.45, 2.75) is 18.8 Å². The lowest BCUT2D eigenvalue weighted by Gasteiger charge is -2.25. The van der Waals surface area contributed by atoms with Crippen LogP contribution in [0.15, 0.2) is 30.3 Å². The highest BCUT2D eigenvalue weighted by atomic mass is 16.5. The molecule has 0 radical (unpaired) electrons. The van der Waals surface area contributed by atoms with Gasteiger partial charge in [-0.15, -0.1) is 0 Å². The number of hydrogen-bond acceptors (Lipinski definition) is 3. The first kappa shape index (κ1) is 9.19. The zero-order valence-electron chi connectivity index (χ0n) is 6.94. The molecule has 1 aromatic rings. The first-order valence-corrected chi connectivity index (χ1v) is 3.81. The predicted molar refractivity (Wildman–Crippen MR) is 46.2 cm³/mol. The molecule has 1 atom stereocenters. The van der Waals surface area contributed by atoms with E-state index in [0.29, 0.717) is 5.56 Å². The van der Waals surface area contributed by atoms with E-state index < -0.39 is 11.8 Å². The molecule has 0 spiro atoms. The van der Waals surface area contributed by atoms with Gasteiger partial charge in [-0.25, -0.2) is 0 Å². The molecule has 12 heavy (non-hydrogen) atoms. The van der Waals surface area contributed by atoms with Gasteiger partial charge in [0.1, 0.15) is 0 Å². The van der Waals surface area contributed by atoms with Crippen molar-refractivity contribution in [3.63, 3.8) is 0 Å². The van der Waals surface area contributed by atoms with Crippen LogP contribution < -0.4 is 5.73 Å². The largest absolute Gasteiger partial charge is 0.361 e. The maximum Gasteiger partial charge on any atom is 0.205 e. The van der Waals surface area contributed by atoms with E-state index in [1.807, 2.05) is 0 Å². The lowest BCUT2D eigenvalue weighted by molar-refractivity contribution is -0.182. The van der Waals surface area contributed by atoms with Crippen molar-refractivity contribution in [1.29, 1.82) is 0 Å². The highest BCUT2D eigenvalue weighted by Gasteiger charge is 2.29. The van der Waals surface area contributed by atoms with Crippen LogP contribution in [0.4, 0.5) is 0 Å². The molecule has 0 aliphatic rings. The number of hydrogen-bond donors (Lipinski definition) is 3. The Bertz CT molecular complexity index is 244. The monoisotopic (exact) mass is 167 g/mol. The Morgan fingerprint density at radius 1 is 1.25 bits per heavy atom. The van der Waals surface area contributed by atoms with Crippen LogP contribution in [0.5, 0.6) is 0 Å². The van der Waals surface area contributed by atoms with Crippen LogP contribution in [0, 0.1) is 0 Å². The van der Waals surface area contributed by atoms with Gasteiger partial charge in [0.2, 0.25) is 5.79 Å². The Labute approximate surface area is 71.5 Å². The summed E-state index contributed by atoms with van der Waals surface area (Å²) < 4.78 is 0. The fourth-order valence-electron chi connectivity index (χ4n) is 0.946. The van der Waals surface area contributed by atoms with Gasteiger partial charge in [-0.2, -0.15) is 0 Å². The Balaban J connectivity index is 2.98. The van der Waals surface area contributed by atoms with Gasteiger partial charge in [0, 0.05) is 5.56 Å². The van der Waals surface area contributed by atoms with Crippen molar-refractivity contribution in [3.05, 3.63) is 35.9 Å². The summed E-state index contributed by atoms with van der Waals surface area (Å²) in [6, 6.07) is 7.82. The summed E-state index contributed by atoms with van der Waals surface area (Å²) in [5.41, 5.74) is 5.82. The number of rotatable bonds is 2. The van der Waals surface area contributed by atoms with Crippen molar-refractivity contribution in [2.24, 2.45) is 5.73 Å². The summed E-state index contributed by atoms with van der Waals surface area (Å²) in [4.78, 5) is 0. The third-order valence-electron chi connectivity index (χ3n) is 1.83. The van der Waals surface area contributed by atoms with Crippen LogP contribution in [0.25, 0.3) is 0 Å². The van der Waals surface area contributed by atoms with Crippen LogP contribution in [0.3, 0.4) is 0 Å². The average molecular weight is 167 g/mol. The number of aliphatic hydroxyl groups is 2. The maximum atomic E-state index is 9.49. The second-order valence-corrected chi connectivity index (χ2v) is 2.88. The van der Waals surface area contributed by atoms with Crippen LogP contribution >= 0.6 is 0 Å². The van der Waals surface area contributed by atoms with E-state index >= 15 is 0 Å². The molecule has 0 aliphatic heterocycles. The van der Waals surface area contributed by atoms with Gasteiger partial charge in [-0.05, 0) is 6.92 Å². The van der Waals surface area contributed by atoms with E-state index in [0.717, 1.165) is 0 Å². The second-order valence-electron chi connectivity index (χ2n) is 2.88. The lowest BCUT2D eigenvalue weighted by Crippen LogP contribution is -2.43. The molecule has 0 saturated carbocycles. The second kappa shape index (κ2) is 3.23. The highest BCUT2D eigenvalue weighted by molar-refractivity contribution is 5.20. The molecule has 3 heteroatoms. The summed E-state index contributed by atoms with van der Waals surface area (Å²) in [7, 11) is 0. The standard InChI is InChI=1S/C9H13NO2/c1-7(10)9(11,12)8-5-3-2-4-6-8/h2-7,11-12H,10H2,1H3/t7-/m1/s1. The first-order chi connectivity index (χ1) is 5.55. The molecule has 66 valence electrons. The van der Waals surface area contributed by atoms with E-state index in [-0.39, 0.29) is 0 Å². The van der Waals surface area contributed by atoms with Crippen molar-refractivity contribution in [1.82, 2.24) is 0 Å². The molecule has 0 bridgehead atoms. The topological polar surface area (TPSA) is 66.5 Å². The molecular formula is C9H13NO2. The zero-order valence-corrected chi connectivity index (χ0v) is 6.94. The fourth-order valence-corrected chi connectivity index (χ4v) is 0.946. The van der Waals surface area contributed by atoms with Crippen LogP contribution in [0.1, 0.15) is 12.5 Å². The Morgan fingerprint density at radius 3 is 2.17 bits per heavy atom. The minimum atomic E-state index is -1.93. The summed E-state index contributed by atoms with van der Waals surface area (Å²) in [6.07, 6.45) is 0. The summed E-state index contributed by atoms with van der Waals surface area (Å²) in [5, 5.41) is 19.0. The number of benzene rings is 1. The van der Waals surface area contributed by atoms with Crippen molar-refractivity contribution >= 4 is 0 Å². The molecule has 4 N–H and O–H groups in total. The molecule has 0 heterocycles. The predicted octanol–water partition coefficient (Wildman–Crippen LogP) is 0.171. The Kier molecular flexibility index (Phi) is 2.47. The molecular weight excluding hydrogens is 154 g/mol. The van der Waals surface area contributed by atoms with E-state index in [1.54, 1.807) is 37.3 Å². The summed E-state index contributed by atoms with van der Waals surface area (Å²) in [6.45, 7) is 1.55. The SMILES string of the molecule is C[C@@H](N)C(O)(O)c1ccccc1. The molecule has 0 unspecified atom stereocenters. The van der Waals surface area contributed by atoms with Gasteiger partial charge < -0.3 is 15.9 Å². The Hall–Kier alpha value is -0.900. The summed E-state index contributed by atoms with van der Waals surface area (Å²) in [5.74, 6) is -1.93. The lowest BCUT2D eigenvalue weighted by atomic mass is 10.0. The van der Waals surface area contributed by atoms with Crippen molar-refractivity contribution in [3.8, 4) is 0 Å². The first-order valence-electron chi connectivity index (χ1n) is 3.81. The molecule has 0 saturated heterocycles. The smallest absolute Gasteiger partial charge is 0.205 e. The molecule has 0 fully saturated rings. The Morgan fingerprint density at radius 2 is 1.75 bits per heavy atom. The van der Waals surface area contributed by atoms with E-state index in [9.17, 15) is 10.2 Å². The van der Waals surface area contributed by atoms with E-state index in [4.69, 9.17) is 5.73 Å². The van der Waals surface area contributed by atoms with E-state index in [1.165, 1.54) is 0 Å².